The number of rotatable bonds is 6. The Morgan fingerprint density at radius 3 is 3.11 bits per heavy atom. The molecule has 5 nitrogen and oxygen atoms in total. The van der Waals surface area contributed by atoms with Gasteiger partial charge in [-0.2, -0.15) is 0 Å². The highest BCUT2D eigenvalue weighted by Crippen LogP contribution is 2.20. The largest absolute Gasteiger partial charge is 0.369 e. The molecule has 0 bridgehead atoms. The van der Waals surface area contributed by atoms with Gasteiger partial charge in [0.25, 0.3) is 0 Å². The molecule has 1 aromatic heterocycles. The lowest BCUT2D eigenvalue weighted by atomic mass is 10.4. The van der Waals surface area contributed by atoms with Crippen molar-refractivity contribution in [3.05, 3.63) is 11.2 Å². The second kappa shape index (κ2) is 6.96. The third-order valence-electron chi connectivity index (χ3n) is 2.97. The van der Waals surface area contributed by atoms with E-state index < -0.39 is 0 Å². The number of hydrogen-bond acceptors (Lipinski definition) is 5. The van der Waals surface area contributed by atoms with Gasteiger partial charge in [0.1, 0.15) is 10.8 Å². The fraction of sp³-hybridized carbons (Fsp3) is 0.583. The molecule has 2 rings (SSSR count). The van der Waals surface area contributed by atoms with E-state index in [1.54, 1.807) is 6.20 Å². The number of hydrogen-bond donors (Lipinski definition) is 1. The van der Waals surface area contributed by atoms with Gasteiger partial charge in [0.2, 0.25) is 5.91 Å². The number of likely N-dealkylation sites (tertiary alicyclic amines) is 1. The van der Waals surface area contributed by atoms with Crippen LogP contribution in [0.15, 0.2) is 11.4 Å². The van der Waals surface area contributed by atoms with Crippen LogP contribution in [0.25, 0.3) is 0 Å². The van der Waals surface area contributed by atoms with Gasteiger partial charge < -0.3 is 10.2 Å². The minimum Gasteiger partial charge on any atom is -0.369 e. The summed E-state index contributed by atoms with van der Waals surface area (Å²) < 4.78 is 0. The van der Waals surface area contributed by atoms with Gasteiger partial charge >= 0.3 is 0 Å². The van der Waals surface area contributed by atoms with Crippen molar-refractivity contribution >= 4 is 35.1 Å². The van der Waals surface area contributed by atoms with Crippen LogP contribution in [0.3, 0.4) is 0 Å². The molecule has 0 unspecified atom stereocenters. The summed E-state index contributed by atoms with van der Waals surface area (Å²) in [6, 6.07) is 0. The van der Waals surface area contributed by atoms with Crippen molar-refractivity contribution in [1.82, 2.24) is 14.9 Å². The lowest BCUT2D eigenvalue weighted by Crippen LogP contribution is -2.27. The second-order valence-electron chi connectivity index (χ2n) is 4.32. The number of anilines is 1. The van der Waals surface area contributed by atoms with Gasteiger partial charge in [-0.1, -0.05) is 23.4 Å². The molecule has 1 aromatic rings. The third-order valence-corrected chi connectivity index (χ3v) is 3.81. The molecule has 104 valence electrons. The molecule has 7 heteroatoms. The number of amides is 1. The monoisotopic (exact) mass is 300 g/mol. The lowest BCUT2D eigenvalue weighted by molar-refractivity contribution is -0.127. The summed E-state index contributed by atoms with van der Waals surface area (Å²) in [6.07, 6.45) is 6.10. The van der Waals surface area contributed by atoms with Crippen LogP contribution in [-0.4, -0.2) is 46.7 Å². The Balaban J connectivity index is 1.77. The summed E-state index contributed by atoms with van der Waals surface area (Å²) in [5.41, 5.74) is 0. The molecule has 1 saturated heterocycles. The van der Waals surface area contributed by atoms with Crippen LogP contribution in [0.5, 0.6) is 0 Å². The molecule has 0 aliphatic carbocycles. The Labute approximate surface area is 122 Å². The highest BCUT2D eigenvalue weighted by Gasteiger charge is 2.18. The maximum absolute atomic E-state index is 11.4. The zero-order chi connectivity index (χ0) is 13.7. The molecule has 2 heterocycles. The van der Waals surface area contributed by atoms with Crippen LogP contribution in [-0.2, 0) is 4.79 Å². The summed E-state index contributed by atoms with van der Waals surface area (Å²) in [7, 11) is 0. The molecule has 1 amide bonds. The third kappa shape index (κ3) is 3.98. The number of halogens is 1. The van der Waals surface area contributed by atoms with Gasteiger partial charge in [-0.3, -0.25) is 4.79 Å². The van der Waals surface area contributed by atoms with Crippen molar-refractivity contribution in [3.63, 3.8) is 0 Å². The molecular weight excluding hydrogens is 284 g/mol. The molecule has 1 N–H and O–H groups in total. The first kappa shape index (κ1) is 14.4. The number of nitrogens with zero attached hydrogens (tertiary/aromatic N) is 3. The fourth-order valence-electron chi connectivity index (χ4n) is 1.99. The van der Waals surface area contributed by atoms with Gasteiger partial charge in [0, 0.05) is 26.1 Å². The van der Waals surface area contributed by atoms with Crippen molar-refractivity contribution in [2.75, 3.05) is 31.2 Å². The van der Waals surface area contributed by atoms with Crippen molar-refractivity contribution in [2.45, 2.75) is 24.4 Å². The van der Waals surface area contributed by atoms with E-state index in [-0.39, 0.29) is 5.91 Å². The second-order valence-corrected chi connectivity index (χ2v) is 5.50. The maximum atomic E-state index is 11.4. The standard InChI is InChI=1S/C12H17ClN4OS/c1-19-12-15-8-9(13)11(16-12)14-5-3-7-17-6-2-4-10(17)18/h8H,2-7H2,1H3,(H,14,15,16). The predicted molar refractivity (Wildman–Crippen MR) is 77.7 cm³/mol. The van der Waals surface area contributed by atoms with E-state index in [2.05, 4.69) is 15.3 Å². The molecular formula is C12H17ClN4OS. The smallest absolute Gasteiger partial charge is 0.222 e. The molecule has 0 atom stereocenters. The van der Waals surface area contributed by atoms with Crippen LogP contribution in [0, 0.1) is 0 Å². The fourth-order valence-corrected chi connectivity index (χ4v) is 2.49. The van der Waals surface area contributed by atoms with Crippen molar-refractivity contribution in [2.24, 2.45) is 0 Å². The Bertz CT molecular complexity index is 457. The van der Waals surface area contributed by atoms with Gasteiger partial charge in [0.05, 0.1) is 6.20 Å². The van der Waals surface area contributed by atoms with E-state index >= 15 is 0 Å². The van der Waals surface area contributed by atoms with Crippen molar-refractivity contribution in [1.29, 1.82) is 0 Å². The SMILES string of the molecule is CSc1ncc(Cl)c(NCCCN2CCCC2=O)n1. The van der Waals surface area contributed by atoms with E-state index in [9.17, 15) is 4.79 Å². The van der Waals surface area contributed by atoms with E-state index in [1.807, 2.05) is 11.2 Å². The maximum Gasteiger partial charge on any atom is 0.222 e. The quantitative estimate of drug-likeness (QED) is 0.496. The van der Waals surface area contributed by atoms with E-state index in [4.69, 9.17) is 11.6 Å². The van der Waals surface area contributed by atoms with Gasteiger partial charge in [-0.05, 0) is 19.1 Å². The van der Waals surface area contributed by atoms with Crippen molar-refractivity contribution < 1.29 is 4.79 Å². The highest BCUT2D eigenvalue weighted by atomic mass is 35.5. The van der Waals surface area contributed by atoms with Crippen LogP contribution in [0.1, 0.15) is 19.3 Å². The van der Waals surface area contributed by atoms with Gasteiger partial charge in [0.15, 0.2) is 5.16 Å². The minimum atomic E-state index is 0.268. The van der Waals surface area contributed by atoms with Crippen LogP contribution in [0.2, 0.25) is 5.02 Å². The molecule has 0 aromatic carbocycles. The van der Waals surface area contributed by atoms with Crippen LogP contribution in [0.4, 0.5) is 5.82 Å². The Kier molecular flexibility index (Phi) is 5.27. The molecule has 0 spiro atoms. The van der Waals surface area contributed by atoms with Gasteiger partial charge in [-0.25, -0.2) is 9.97 Å². The normalized spacial score (nSPS) is 15.1. The average Bonchev–Trinajstić information content (AvgIpc) is 2.82. The first-order chi connectivity index (χ1) is 9.20. The Morgan fingerprint density at radius 1 is 1.58 bits per heavy atom. The van der Waals surface area contributed by atoms with Crippen molar-refractivity contribution in [3.8, 4) is 0 Å². The Hall–Kier alpha value is -1.01. The summed E-state index contributed by atoms with van der Waals surface area (Å²) in [6.45, 7) is 2.43. The molecule has 1 aliphatic rings. The number of carbonyl (C=O) groups is 1. The highest BCUT2D eigenvalue weighted by molar-refractivity contribution is 7.98. The zero-order valence-electron chi connectivity index (χ0n) is 10.9. The lowest BCUT2D eigenvalue weighted by Gasteiger charge is -2.15. The van der Waals surface area contributed by atoms with Crippen LogP contribution >= 0.6 is 23.4 Å². The first-order valence-electron chi connectivity index (χ1n) is 6.29. The summed E-state index contributed by atoms with van der Waals surface area (Å²) in [5, 5.41) is 4.41. The topological polar surface area (TPSA) is 58.1 Å². The van der Waals surface area contributed by atoms with Gasteiger partial charge in [-0.15, -0.1) is 0 Å². The number of carbonyl (C=O) groups excluding carboxylic acids is 1. The van der Waals surface area contributed by atoms with E-state index in [0.29, 0.717) is 22.4 Å². The predicted octanol–water partition coefficient (Wildman–Crippen LogP) is 2.28. The number of thioether (sulfide) groups is 1. The molecule has 1 fully saturated rings. The number of aromatic nitrogens is 2. The average molecular weight is 301 g/mol. The summed E-state index contributed by atoms with van der Waals surface area (Å²) >= 11 is 7.50. The molecule has 1 aliphatic heterocycles. The minimum absolute atomic E-state index is 0.268. The first-order valence-corrected chi connectivity index (χ1v) is 7.89. The zero-order valence-corrected chi connectivity index (χ0v) is 12.4. The van der Waals surface area contributed by atoms with E-state index in [1.165, 1.54) is 11.8 Å². The molecule has 0 saturated carbocycles. The Morgan fingerprint density at radius 2 is 2.42 bits per heavy atom. The summed E-state index contributed by atoms with van der Waals surface area (Å²) in [4.78, 5) is 21.7. The summed E-state index contributed by atoms with van der Waals surface area (Å²) in [5.74, 6) is 0.929. The van der Waals surface area contributed by atoms with Crippen LogP contribution < -0.4 is 5.32 Å². The molecule has 19 heavy (non-hydrogen) atoms. The van der Waals surface area contributed by atoms with E-state index in [0.717, 1.165) is 32.5 Å². The number of nitrogens with one attached hydrogen (secondary N) is 1. The molecule has 0 radical (unpaired) electrons.